The lowest BCUT2D eigenvalue weighted by molar-refractivity contribution is 0.0955. The van der Waals surface area contributed by atoms with E-state index in [0.29, 0.717) is 17.9 Å². The summed E-state index contributed by atoms with van der Waals surface area (Å²) in [6, 6.07) is 10.9. The molecule has 0 bridgehead atoms. The first kappa shape index (κ1) is 18.9. The van der Waals surface area contributed by atoms with Gasteiger partial charge in [-0.25, -0.2) is 19.0 Å². The standard InChI is InChI=1S/C16H16ClN3O4S/c1-2-24-14-6-4-3-5-12(14)10-19-20-16(21)11-7-8-13(17)15(9-11)25(18,22)23/h3-10H,2H2,1H3,(H,20,21)(H2,18,22,23)/b19-10-. The van der Waals surface area contributed by atoms with Crippen molar-refractivity contribution in [1.82, 2.24) is 5.43 Å². The van der Waals surface area contributed by atoms with Crippen LogP contribution in [0.5, 0.6) is 5.75 Å². The van der Waals surface area contributed by atoms with Gasteiger partial charge in [0.1, 0.15) is 10.6 Å². The van der Waals surface area contributed by atoms with Crippen molar-refractivity contribution in [3.05, 3.63) is 58.6 Å². The van der Waals surface area contributed by atoms with Crippen LogP contribution in [0.1, 0.15) is 22.8 Å². The average molecular weight is 382 g/mol. The molecular formula is C16H16ClN3O4S. The predicted molar refractivity (Wildman–Crippen MR) is 95.5 cm³/mol. The van der Waals surface area contributed by atoms with Crippen LogP contribution in [0.15, 0.2) is 52.5 Å². The number of benzene rings is 2. The maximum Gasteiger partial charge on any atom is 0.271 e. The molecule has 0 heterocycles. The summed E-state index contributed by atoms with van der Waals surface area (Å²) in [4.78, 5) is 11.8. The fourth-order valence-corrected chi connectivity index (χ4v) is 3.03. The van der Waals surface area contributed by atoms with Crippen molar-refractivity contribution < 1.29 is 17.9 Å². The second-order valence-corrected chi connectivity index (χ2v) is 6.80. The molecule has 132 valence electrons. The molecule has 25 heavy (non-hydrogen) atoms. The Hall–Kier alpha value is -2.42. The number of nitrogens with two attached hydrogens (primary N) is 1. The first-order valence-electron chi connectivity index (χ1n) is 7.20. The van der Waals surface area contributed by atoms with E-state index < -0.39 is 15.9 Å². The van der Waals surface area contributed by atoms with Crippen LogP contribution in [0.25, 0.3) is 0 Å². The number of nitrogens with one attached hydrogen (secondary N) is 1. The Morgan fingerprint density at radius 1 is 1.32 bits per heavy atom. The Morgan fingerprint density at radius 3 is 2.72 bits per heavy atom. The molecule has 0 aliphatic rings. The largest absolute Gasteiger partial charge is 0.493 e. The Bertz CT molecular complexity index is 913. The van der Waals surface area contributed by atoms with Gasteiger partial charge < -0.3 is 4.74 Å². The summed E-state index contributed by atoms with van der Waals surface area (Å²) in [5.74, 6) is 0.0257. The summed E-state index contributed by atoms with van der Waals surface area (Å²) in [7, 11) is -4.03. The van der Waals surface area contributed by atoms with Crippen LogP contribution in [0.4, 0.5) is 0 Å². The second kappa shape index (κ2) is 8.11. The van der Waals surface area contributed by atoms with E-state index in [9.17, 15) is 13.2 Å². The van der Waals surface area contributed by atoms with Gasteiger partial charge in [0.25, 0.3) is 5.91 Å². The minimum atomic E-state index is -4.03. The summed E-state index contributed by atoms with van der Waals surface area (Å²) in [6.07, 6.45) is 1.43. The van der Waals surface area contributed by atoms with Crippen molar-refractivity contribution in [2.45, 2.75) is 11.8 Å². The number of ether oxygens (including phenoxy) is 1. The summed E-state index contributed by atoms with van der Waals surface area (Å²) in [5, 5.41) is 8.86. The highest BCUT2D eigenvalue weighted by Gasteiger charge is 2.16. The summed E-state index contributed by atoms with van der Waals surface area (Å²) in [6.45, 7) is 2.36. The molecule has 0 aromatic heterocycles. The van der Waals surface area contributed by atoms with Crippen LogP contribution < -0.4 is 15.3 Å². The normalized spacial score (nSPS) is 11.5. The topological polar surface area (TPSA) is 111 Å². The number of hydrogen-bond donors (Lipinski definition) is 2. The Labute approximate surface area is 150 Å². The number of carbonyl (C=O) groups is 1. The van der Waals surface area contributed by atoms with Crippen LogP contribution >= 0.6 is 11.6 Å². The van der Waals surface area contributed by atoms with E-state index in [1.165, 1.54) is 18.3 Å². The molecule has 2 aromatic carbocycles. The quantitative estimate of drug-likeness (QED) is 0.589. The Kier molecular flexibility index (Phi) is 6.13. The summed E-state index contributed by atoms with van der Waals surface area (Å²) < 4.78 is 28.3. The van der Waals surface area contributed by atoms with E-state index in [2.05, 4.69) is 10.5 Å². The number of halogens is 1. The highest BCUT2D eigenvalue weighted by atomic mass is 35.5. The lowest BCUT2D eigenvalue weighted by Gasteiger charge is -2.06. The third kappa shape index (κ3) is 5.02. The van der Waals surface area contributed by atoms with Crippen molar-refractivity contribution in [2.75, 3.05) is 6.61 Å². The zero-order valence-corrected chi connectivity index (χ0v) is 14.8. The van der Waals surface area contributed by atoms with Gasteiger partial charge in [-0.15, -0.1) is 0 Å². The maximum absolute atomic E-state index is 12.1. The lowest BCUT2D eigenvalue weighted by Crippen LogP contribution is -2.19. The smallest absolute Gasteiger partial charge is 0.271 e. The van der Waals surface area contributed by atoms with Crippen LogP contribution in [-0.4, -0.2) is 27.1 Å². The van der Waals surface area contributed by atoms with Crippen molar-refractivity contribution in [1.29, 1.82) is 0 Å². The van der Waals surface area contributed by atoms with Gasteiger partial charge >= 0.3 is 0 Å². The van der Waals surface area contributed by atoms with Crippen molar-refractivity contribution in [3.8, 4) is 5.75 Å². The van der Waals surface area contributed by atoms with E-state index in [-0.39, 0.29) is 15.5 Å². The molecule has 0 radical (unpaired) electrons. The van der Waals surface area contributed by atoms with E-state index in [4.69, 9.17) is 21.5 Å². The minimum Gasteiger partial charge on any atom is -0.493 e. The number of hydrogen-bond acceptors (Lipinski definition) is 5. The zero-order chi connectivity index (χ0) is 18.4. The van der Waals surface area contributed by atoms with Crippen molar-refractivity contribution in [3.63, 3.8) is 0 Å². The van der Waals surface area contributed by atoms with Gasteiger partial charge in [-0.1, -0.05) is 23.7 Å². The molecule has 1 amide bonds. The monoisotopic (exact) mass is 381 g/mol. The molecule has 0 atom stereocenters. The minimum absolute atomic E-state index is 0.0590. The van der Waals surface area contributed by atoms with Gasteiger partial charge in [0.2, 0.25) is 10.0 Å². The number of rotatable bonds is 6. The van der Waals surface area contributed by atoms with E-state index in [1.54, 1.807) is 12.1 Å². The van der Waals surface area contributed by atoms with Gasteiger partial charge in [0.15, 0.2) is 0 Å². The zero-order valence-electron chi connectivity index (χ0n) is 13.3. The molecule has 9 heteroatoms. The van der Waals surface area contributed by atoms with Gasteiger partial charge in [-0.05, 0) is 37.3 Å². The highest BCUT2D eigenvalue weighted by Crippen LogP contribution is 2.21. The molecule has 0 aliphatic carbocycles. The first-order chi connectivity index (χ1) is 11.8. The average Bonchev–Trinajstić information content (AvgIpc) is 2.56. The molecule has 2 aromatic rings. The van der Waals surface area contributed by atoms with E-state index in [1.807, 2.05) is 19.1 Å². The SMILES string of the molecule is CCOc1ccccc1/C=N\NC(=O)c1ccc(Cl)c(S(N)(=O)=O)c1. The van der Waals surface area contributed by atoms with Crippen molar-refractivity contribution in [2.24, 2.45) is 10.2 Å². The summed E-state index contributed by atoms with van der Waals surface area (Å²) in [5.41, 5.74) is 3.06. The molecule has 7 nitrogen and oxygen atoms in total. The van der Waals surface area contributed by atoms with Gasteiger partial charge in [-0.3, -0.25) is 4.79 Å². The molecule has 3 N–H and O–H groups in total. The van der Waals surface area contributed by atoms with Crippen molar-refractivity contribution >= 4 is 33.7 Å². The molecule has 0 aliphatic heterocycles. The number of primary sulfonamides is 1. The van der Waals surface area contributed by atoms with Crippen LogP contribution in [-0.2, 0) is 10.0 Å². The maximum atomic E-state index is 12.1. The molecule has 0 unspecified atom stereocenters. The third-order valence-corrected chi connectivity index (χ3v) is 4.48. The summed E-state index contributed by atoms with van der Waals surface area (Å²) >= 11 is 5.78. The van der Waals surface area contributed by atoms with Crippen LogP contribution in [0.2, 0.25) is 5.02 Å². The Balaban J connectivity index is 2.16. The van der Waals surface area contributed by atoms with Crippen LogP contribution in [0.3, 0.4) is 0 Å². The molecule has 0 spiro atoms. The van der Waals surface area contributed by atoms with Gasteiger partial charge in [0, 0.05) is 11.1 Å². The van der Waals surface area contributed by atoms with E-state index >= 15 is 0 Å². The number of nitrogens with zero attached hydrogens (tertiary/aromatic N) is 1. The van der Waals surface area contributed by atoms with Crippen LogP contribution in [0, 0.1) is 0 Å². The fourth-order valence-electron chi connectivity index (χ4n) is 1.96. The first-order valence-corrected chi connectivity index (χ1v) is 9.13. The molecular weight excluding hydrogens is 366 g/mol. The van der Waals surface area contributed by atoms with Gasteiger partial charge in [0.05, 0.1) is 17.8 Å². The number of hydrazone groups is 1. The molecule has 0 fully saturated rings. The lowest BCUT2D eigenvalue weighted by atomic mass is 10.2. The Morgan fingerprint density at radius 2 is 2.04 bits per heavy atom. The van der Waals surface area contributed by atoms with E-state index in [0.717, 1.165) is 6.07 Å². The number of amides is 1. The number of para-hydroxylation sites is 1. The highest BCUT2D eigenvalue weighted by molar-refractivity contribution is 7.89. The predicted octanol–water partition coefficient (Wildman–Crippen LogP) is 2.15. The number of sulfonamides is 1. The number of carbonyl (C=O) groups excluding carboxylic acids is 1. The molecule has 0 saturated heterocycles. The second-order valence-electron chi connectivity index (χ2n) is 4.86. The molecule has 2 rings (SSSR count). The van der Waals surface area contributed by atoms with Gasteiger partial charge in [-0.2, -0.15) is 5.10 Å². The fraction of sp³-hybridized carbons (Fsp3) is 0.125. The third-order valence-electron chi connectivity index (χ3n) is 3.09. The molecule has 0 saturated carbocycles.